The van der Waals surface area contributed by atoms with Crippen LogP contribution in [0.4, 0.5) is 0 Å². The number of nitrogens with zero attached hydrogens (tertiary/aromatic N) is 3. The number of benzene rings is 1. The van der Waals surface area contributed by atoms with E-state index in [9.17, 15) is 9.59 Å². The Bertz CT molecular complexity index is 900. The molecule has 1 unspecified atom stereocenters. The van der Waals surface area contributed by atoms with Crippen molar-refractivity contribution in [2.45, 2.75) is 38.1 Å². The third-order valence-corrected chi connectivity index (χ3v) is 5.77. The van der Waals surface area contributed by atoms with Gasteiger partial charge in [-0.05, 0) is 42.8 Å². The molecule has 2 amide bonds. The van der Waals surface area contributed by atoms with E-state index in [1.54, 1.807) is 12.1 Å². The second-order valence-electron chi connectivity index (χ2n) is 7.11. The van der Waals surface area contributed by atoms with Gasteiger partial charge in [-0.3, -0.25) is 14.7 Å². The molecule has 0 bridgehead atoms. The predicted octanol–water partition coefficient (Wildman–Crippen LogP) is 3.10. The maximum atomic E-state index is 12.8. The zero-order valence-corrected chi connectivity index (χ0v) is 17.5. The first kappa shape index (κ1) is 20.5. The average Bonchev–Trinajstić information content (AvgIpc) is 3.00. The Hall–Kier alpha value is -2.19. The van der Waals surface area contributed by atoms with Crippen molar-refractivity contribution >= 4 is 35.6 Å². The number of carbonyl (C=O) groups excluding carboxylic acids is 2. The summed E-state index contributed by atoms with van der Waals surface area (Å²) < 4.78 is 2.50. The maximum absolute atomic E-state index is 12.8. The van der Waals surface area contributed by atoms with Crippen LogP contribution < -0.4 is 5.32 Å². The molecule has 0 aliphatic carbocycles. The van der Waals surface area contributed by atoms with Crippen LogP contribution in [0.15, 0.2) is 24.3 Å². The molecule has 28 heavy (non-hydrogen) atoms. The lowest BCUT2D eigenvalue weighted by Gasteiger charge is -2.32. The van der Waals surface area contributed by atoms with Crippen LogP contribution in [-0.4, -0.2) is 44.6 Å². The van der Waals surface area contributed by atoms with Crippen LogP contribution in [0.25, 0.3) is 0 Å². The smallest absolute Gasteiger partial charge is 0.224 e. The molecule has 0 spiro atoms. The third-order valence-electron chi connectivity index (χ3n) is 5.16. The van der Waals surface area contributed by atoms with E-state index in [0.717, 1.165) is 24.2 Å². The number of carbonyl (C=O) groups is 2. The van der Waals surface area contributed by atoms with E-state index in [4.69, 9.17) is 23.8 Å². The highest BCUT2D eigenvalue weighted by molar-refractivity contribution is 7.71. The molecule has 1 fully saturated rings. The number of H-pyrrole nitrogens is 1. The van der Waals surface area contributed by atoms with Crippen molar-refractivity contribution in [2.24, 2.45) is 7.05 Å². The quantitative estimate of drug-likeness (QED) is 0.726. The summed E-state index contributed by atoms with van der Waals surface area (Å²) in [5, 5.41) is 10.6. The van der Waals surface area contributed by atoms with Gasteiger partial charge in [-0.1, -0.05) is 23.7 Å². The lowest BCUT2D eigenvalue weighted by atomic mass is 9.95. The highest BCUT2D eigenvalue weighted by Crippen LogP contribution is 2.28. The van der Waals surface area contributed by atoms with E-state index < -0.39 is 0 Å². The molecule has 1 aliphatic rings. The number of hydrogen-bond donors (Lipinski definition) is 2. The Balaban J connectivity index is 1.63. The van der Waals surface area contributed by atoms with Crippen molar-refractivity contribution in [3.63, 3.8) is 0 Å². The number of likely N-dealkylation sites (tertiary alicyclic amines) is 1. The molecule has 7 nitrogen and oxygen atoms in total. The van der Waals surface area contributed by atoms with Crippen LogP contribution in [0.5, 0.6) is 0 Å². The van der Waals surface area contributed by atoms with Gasteiger partial charge in [0, 0.05) is 38.0 Å². The number of halogens is 1. The predicted molar refractivity (Wildman–Crippen MR) is 110 cm³/mol. The lowest BCUT2D eigenvalue weighted by molar-refractivity contribution is -0.133. The Morgan fingerprint density at radius 1 is 1.32 bits per heavy atom. The van der Waals surface area contributed by atoms with Crippen LogP contribution in [0, 0.1) is 4.77 Å². The van der Waals surface area contributed by atoms with E-state index in [1.807, 2.05) is 28.6 Å². The molecule has 1 aliphatic heterocycles. The van der Waals surface area contributed by atoms with E-state index in [1.165, 1.54) is 6.92 Å². The molecule has 1 aromatic carbocycles. The number of aromatic amines is 1. The fourth-order valence-corrected chi connectivity index (χ4v) is 3.87. The van der Waals surface area contributed by atoms with Gasteiger partial charge in [0.05, 0.1) is 12.5 Å². The number of amides is 2. The van der Waals surface area contributed by atoms with E-state index in [0.29, 0.717) is 22.9 Å². The molecule has 2 aromatic rings. The highest BCUT2D eigenvalue weighted by atomic mass is 35.5. The summed E-state index contributed by atoms with van der Waals surface area (Å²) in [4.78, 5) is 26.3. The second kappa shape index (κ2) is 8.87. The summed E-state index contributed by atoms with van der Waals surface area (Å²) in [7, 11) is 1.91. The molecule has 1 atom stereocenters. The molecule has 0 radical (unpaired) electrons. The zero-order chi connectivity index (χ0) is 20.3. The van der Waals surface area contributed by atoms with Crippen LogP contribution in [0.1, 0.15) is 49.5 Å². The van der Waals surface area contributed by atoms with Gasteiger partial charge in [-0.25, -0.2) is 0 Å². The van der Waals surface area contributed by atoms with Crippen LogP contribution in [0.2, 0.25) is 5.02 Å². The molecule has 0 saturated carbocycles. The number of rotatable bonds is 5. The van der Waals surface area contributed by atoms with E-state index >= 15 is 0 Å². The number of nitrogens with one attached hydrogen (secondary N) is 2. The SMILES string of the molecule is CC(=O)NC(CC(=O)N1CCC(c2n[nH]c(=S)n2C)CC1)c1ccc(Cl)cc1. The van der Waals surface area contributed by atoms with Crippen LogP contribution in [0.3, 0.4) is 0 Å². The first-order valence-corrected chi connectivity index (χ1v) is 10.1. The number of hydrogen-bond acceptors (Lipinski definition) is 4. The van der Waals surface area contributed by atoms with Crippen molar-refractivity contribution in [1.82, 2.24) is 25.0 Å². The summed E-state index contributed by atoms with van der Waals surface area (Å²) in [6.07, 6.45) is 1.90. The Kier molecular flexibility index (Phi) is 6.51. The Morgan fingerprint density at radius 3 is 2.50 bits per heavy atom. The average molecular weight is 422 g/mol. The van der Waals surface area contributed by atoms with Crippen molar-refractivity contribution in [3.8, 4) is 0 Å². The fourth-order valence-electron chi connectivity index (χ4n) is 3.61. The summed E-state index contributed by atoms with van der Waals surface area (Å²) in [6, 6.07) is 6.84. The highest BCUT2D eigenvalue weighted by Gasteiger charge is 2.28. The molecule has 3 rings (SSSR count). The summed E-state index contributed by atoms with van der Waals surface area (Å²) >= 11 is 11.1. The summed E-state index contributed by atoms with van der Waals surface area (Å²) in [5.74, 6) is 1.08. The second-order valence-corrected chi connectivity index (χ2v) is 7.93. The molecule has 1 saturated heterocycles. The van der Waals surface area contributed by atoms with Crippen molar-refractivity contribution in [1.29, 1.82) is 0 Å². The number of piperidine rings is 1. The normalized spacial score (nSPS) is 16.0. The van der Waals surface area contributed by atoms with Gasteiger partial charge in [0.1, 0.15) is 5.82 Å². The Morgan fingerprint density at radius 2 is 1.96 bits per heavy atom. The summed E-state index contributed by atoms with van der Waals surface area (Å²) in [6.45, 7) is 2.78. The maximum Gasteiger partial charge on any atom is 0.224 e. The van der Waals surface area contributed by atoms with E-state index in [-0.39, 0.29) is 30.2 Å². The van der Waals surface area contributed by atoms with Gasteiger partial charge in [0.25, 0.3) is 0 Å². The fraction of sp³-hybridized carbons (Fsp3) is 0.474. The summed E-state index contributed by atoms with van der Waals surface area (Å²) in [5.41, 5.74) is 0.865. The zero-order valence-electron chi connectivity index (χ0n) is 15.9. The standard InChI is InChI=1S/C19H24ClN5O2S/c1-12(26)21-16(13-3-5-15(20)6-4-13)11-17(27)25-9-7-14(8-10-25)18-22-23-19(28)24(18)2/h3-6,14,16H,7-11H2,1-2H3,(H,21,26)(H,23,28). The van der Waals surface area contributed by atoms with Gasteiger partial charge in [0.2, 0.25) is 11.8 Å². The van der Waals surface area contributed by atoms with Crippen LogP contribution in [-0.2, 0) is 16.6 Å². The first-order chi connectivity index (χ1) is 13.3. The largest absolute Gasteiger partial charge is 0.349 e. The third kappa shape index (κ3) is 4.80. The topological polar surface area (TPSA) is 83.0 Å². The minimum atomic E-state index is -0.369. The van der Waals surface area contributed by atoms with Crippen molar-refractivity contribution < 1.29 is 9.59 Å². The lowest BCUT2D eigenvalue weighted by Crippen LogP contribution is -2.40. The molecular formula is C19H24ClN5O2S. The molecule has 150 valence electrons. The molecule has 9 heteroatoms. The van der Waals surface area contributed by atoms with Crippen LogP contribution >= 0.6 is 23.8 Å². The Labute approximate surface area is 174 Å². The van der Waals surface area contributed by atoms with Gasteiger partial charge >= 0.3 is 0 Å². The molecule has 2 N–H and O–H groups in total. The number of aromatic nitrogens is 3. The van der Waals surface area contributed by atoms with E-state index in [2.05, 4.69) is 15.5 Å². The minimum Gasteiger partial charge on any atom is -0.349 e. The molecule has 2 heterocycles. The monoisotopic (exact) mass is 421 g/mol. The van der Waals surface area contributed by atoms with Gasteiger partial charge in [0.15, 0.2) is 4.77 Å². The van der Waals surface area contributed by atoms with Gasteiger partial charge < -0.3 is 14.8 Å². The molecule has 1 aromatic heterocycles. The molecular weight excluding hydrogens is 398 g/mol. The first-order valence-electron chi connectivity index (χ1n) is 9.26. The minimum absolute atomic E-state index is 0.0301. The van der Waals surface area contributed by atoms with Crippen molar-refractivity contribution in [3.05, 3.63) is 45.4 Å². The van der Waals surface area contributed by atoms with Gasteiger partial charge in [-0.15, -0.1) is 0 Å². The van der Waals surface area contributed by atoms with Gasteiger partial charge in [-0.2, -0.15) is 5.10 Å². The van der Waals surface area contributed by atoms with Crippen molar-refractivity contribution in [2.75, 3.05) is 13.1 Å².